The fourth-order valence-corrected chi connectivity index (χ4v) is 2.29. The van der Waals surface area contributed by atoms with Gasteiger partial charge in [-0.1, -0.05) is 11.6 Å². The van der Waals surface area contributed by atoms with Gasteiger partial charge in [0.25, 0.3) is 0 Å². The molecule has 2 rings (SSSR count). The summed E-state index contributed by atoms with van der Waals surface area (Å²) >= 11 is 1.30. The number of carboxylic acid groups (broad SMARTS) is 1. The SMILES string of the molecule is Cc1ccc(NC(=O)Nc2nc(C)cs2)c(C(=O)O)c1. The smallest absolute Gasteiger partial charge is 0.337 e. The van der Waals surface area contributed by atoms with Crippen molar-refractivity contribution < 1.29 is 14.7 Å². The number of rotatable bonds is 3. The largest absolute Gasteiger partial charge is 0.478 e. The Morgan fingerprint density at radius 1 is 1.25 bits per heavy atom. The van der Waals surface area contributed by atoms with E-state index >= 15 is 0 Å². The number of aryl methyl sites for hydroxylation is 2. The molecule has 20 heavy (non-hydrogen) atoms. The van der Waals surface area contributed by atoms with Gasteiger partial charge in [0.2, 0.25) is 0 Å². The molecule has 0 atom stereocenters. The van der Waals surface area contributed by atoms with Crippen LogP contribution in [0, 0.1) is 13.8 Å². The fourth-order valence-electron chi connectivity index (χ4n) is 1.61. The van der Waals surface area contributed by atoms with Crippen molar-refractivity contribution in [2.45, 2.75) is 13.8 Å². The van der Waals surface area contributed by atoms with E-state index in [9.17, 15) is 9.59 Å². The van der Waals surface area contributed by atoms with Crippen LogP contribution in [0.3, 0.4) is 0 Å². The first kappa shape index (κ1) is 14.0. The number of hydrogen-bond donors (Lipinski definition) is 3. The van der Waals surface area contributed by atoms with Crippen LogP contribution in [0.15, 0.2) is 23.6 Å². The van der Waals surface area contributed by atoms with Gasteiger partial charge in [-0.2, -0.15) is 0 Å². The number of urea groups is 1. The predicted octanol–water partition coefficient (Wildman–Crippen LogP) is 3.10. The molecule has 0 bridgehead atoms. The Morgan fingerprint density at radius 3 is 2.60 bits per heavy atom. The minimum absolute atomic E-state index is 0.0514. The number of carbonyl (C=O) groups excluding carboxylic acids is 1. The quantitative estimate of drug-likeness (QED) is 0.810. The monoisotopic (exact) mass is 291 g/mol. The molecule has 1 aromatic heterocycles. The number of nitrogens with zero attached hydrogens (tertiary/aromatic N) is 1. The summed E-state index contributed by atoms with van der Waals surface area (Å²) in [4.78, 5) is 27.0. The number of aromatic carboxylic acids is 1. The average Bonchev–Trinajstić information content (AvgIpc) is 2.76. The van der Waals surface area contributed by atoms with Gasteiger partial charge in [0.1, 0.15) is 0 Å². The molecule has 104 valence electrons. The van der Waals surface area contributed by atoms with Gasteiger partial charge in [-0.15, -0.1) is 11.3 Å². The predicted molar refractivity (Wildman–Crippen MR) is 77.6 cm³/mol. The lowest BCUT2D eigenvalue weighted by Crippen LogP contribution is -2.21. The third kappa shape index (κ3) is 3.33. The second-order valence-electron chi connectivity index (χ2n) is 4.23. The van der Waals surface area contributed by atoms with Crippen LogP contribution in [-0.4, -0.2) is 22.1 Å². The van der Waals surface area contributed by atoms with Crippen LogP contribution >= 0.6 is 11.3 Å². The Balaban J connectivity index is 2.13. The summed E-state index contributed by atoms with van der Waals surface area (Å²) in [6.07, 6.45) is 0. The number of carbonyl (C=O) groups is 2. The second-order valence-corrected chi connectivity index (χ2v) is 5.09. The highest BCUT2D eigenvalue weighted by molar-refractivity contribution is 7.13. The number of carboxylic acids is 1. The zero-order valence-electron chi connectivity index (χ0n) is 10.9. The van der Waals surface area contributed by atoms with Crippen LogP contribution in [0.4, 0.5) is 15.6 Å². The molecule has 6 nitrogen and oxygen atoms in total. The van der Waals surface area contributed by atoms with Crippen LogP contribution in [0.5, 0.6) is 0 Å². The molecule has 3 N–H and O–H groups in total. The van der Waals surface area contributed by atoms with Gasteiger partial charge in [-0.05, 0) is 26.0 Å². The van der Waals surface area contributed by atoms with Crippen LogP contribution in [0.2, 0.25) is 0 Å². The zero-order valence-corrected chi connectivity index (χ0v) is 11.7. The molecule has 0 saturated carbocycles. The van der Waals surface area contributed by atoms with E-state index in [4.69, 9.17) is 5.11 Å². The van der Waals surface area contributed by atoms with Gasteiger partial charge in [-0.25, -0.2) is 14.6 Å². The number of anilines is 2. The minimum Gasteiger partial charge on any atom is -0.478 e. The van der Waals surface area contributed by atoms with Crippen LogP contribution in [0.1, 0.15) is 21.6 Å². The van der Waals surface area contributed by atoms with E-state index in [1.54, 1.807) is 19.1 Å². The van der Waals surface area contributed by atoms with Crippen LogP contribution < -0.4 is 10.6 Å². The number of hydrogen-bond acceptors (Lipinski definition) is 4. The molecule has 0 aliphatic rings. The first-order valence-corrected chi connectivity index (χ1v) is 6.68. The van der Waals surface area contributed by atoms with E-state index in [1.165, 1.54) is 17.4 Å². The molecule has 2 amide bonds. The Kier molecular flexibility index (Phi) is 3.99. The molecule has 0 saturated heterocycles. The second kappa shape index (κ2) is 5.70. The molecule has 2 aromatic rings. The molecular formula is C13H13N3O3S. The lowest BCUT2D eigenvalue weighted by molar-refractivity contribution is 0.0698. The van der Waals surface area contributed by atoms with Crippen molar-refractivity contribution in [1.29, 1.82) is 0 Å². The first-order chi connectivity index (χ1) is 9.45. The maximum atomic E-state index is 11.8. The highest BCUT2D eigenvalue weighted by atomic mass is 32.1. The van der Waals surface area contributed by atoms with Crippen molar-refractivity contribution >= 4 is 34.2 Å². The highest BCUT2D eigenvalue weighted by Crippen LogP contribution is 2.19. The molecule has 1 aromatic carbocycles. The molecule has 0 unspecified atom stereocenters. The third-order valence-corrected chi connectivity index (χ3v) is 3.37. The Morgan fingerprint density at radius 2 is 2.00 bits per heavy atom. The van der Waals surface area contributed by atoms with Crippen molar-refractivity contribution in [3.05, 3.63) is 40.4 Å². The van der Waals surface area contributed by atoms with E-state index in [-0.39, 0.29) is 11.3 Å². The van der Waals surface area contributed by atoms with E-state index in [2.05, 4.69) is 15.6 Å². The van der Waals surface area contributed by atoms with Gasteiger partial charge in [-0.3, -0.25) is 5.32 Å². The normalized spacial score (nSPS) is 10.1. The molecule has 0 spiro atoms. The summed E-state index contributed by atoms with van der Waals surface area (Å²) in [5, 5.41) is 16.5. The topological polar surface area (TPSA) is 91.3 Å². The summed E-state index contributed by atoms with van der Waals surface area (Å²) in [7, 11) is 0. The van der Waals surface area contributed by atoms with Gasteiger partial charge in [0.05, 0.1) is 16.9 Å². The van der Waals surface area contributed by atoms with Crippen molar-refractivity contribution in [3.8, 4) is 0 Å². The maximum absolute atomic E-state index is 11.8. The third-order valence-electron chi connectivity index (χ3n) is 2.49. The number of benzene rings is 1. The Bertz CT molecular complexity index is 667. The first-order valence-electron chi connectivity index (χ1n) is 5.80. The number of nitrogens with one attached hydrogen (secondary N) is 2. The van der Waals surface area contributed by atoms with Gasteiger partial charge < -0.3 is 10.4 Å². The standard InChI is InChI=1S/C13H13N3O3S/c1-7-3-4-10(9(5-7)11(17)18)15-12(19)16-13-14-8(2)6-20-13/h3-6H,1-2H3,(H,17,18)(H2,14,15,16,19). The van der Waals surface area contributed by atoms with Gasteiger partial charge in [0, 0.05) is 5.38 Å². The van der Waals surface area contributed by atoms with E-state index in [0.717, 1.165) is 11.3 Å². The summed E-state index contributed by atoms with van der Waals surface area (Å²) in [5.41, 5.74) is 1.92. The summed E-state index contributed by atoms with van der Waals surface area (Å²) < 4.78 is 0. The number of aromatic nitrogens is 1. The molecule has 0 aliphatic heterocycles. The van der Waals surface area contributed by atoms with Crippen molar-refractivity contribution in [2.75, 3.05) is 10.6 Å². The molecule has 0 aliphatic carbocycles. The van der Waals surface area contributed by atoms with Crippen LogP contribution in [-0.2, 0) is 0 Å². The van der Waals surface area contributed by atoms with Gasteiger partial charge >= 0.3 is 12.0 Å². The van der Waals surface area contributed by atoms with Crippen LogP contribution in [0.25, 0.3) is 0 Å². The average molecular weight is 291 g/mol. The maximum Gasteiger partial charge on any atom is 0.337 e. The summed E-state index contributed by atoms with van der Waals surface area (Å²) in [6, 6.07) is 4.28. The number of thiazole rings is 1. The Hall–Kier alpha value is -2.41. The fraction of sp³-hybridized carbons (Fsp3) is 0.154. The van der Waals surface area contributed by atoms with Crippen molar-refractivity contribution in [1.82, 2.24) is 4.98 Å². The molecule has 7 heteroatoms. The van der Waals surface area contributed by atoms with Gasteiger partial charge in [0.15, 0.2) is 5.13 Å². The zero-order chi connectivity index (χ0) is 14.7. The van der Waals surface area contributed by atoms with Crippen molar-refractivity contribution in [2.24, 2.45) is 0 Å². The molecule has 1 heterocycles. The summed E-state index contributed by atoms with van der Waals surface area (Å²) in [5.74, 6) is -1.09. The van der Waals surface area contributed by atoms with E-state index in [0.29, 0.717) is 5.13 Å². The summed E-state index contributed by atoms with van der Waals surface area (Å²) in [6.45, 7) is 3.61. The molecular weight excluding hydrogens is 278 g/mol. The Labute approximate surface area is 119 Å². The molecule has 0 radical (unpaired) electrons. The van der Waals surface area contributed by atoms with E-state index in [1.807, 2.05) is 12.3 Å². The lowest BCUT2D eigenvalue weighted by atomic mass is 10.1. The van der Waals surface area contributed by atoms with E-state index < -0.39 is 12.0 Å². The highest BCUT2D eigenvalue weighted by Gasteiger charge is 2.13. The lowest BCUT2D eigenvalue weighted by Gasteiger charge is -2.09. The molecule has 0 fully saturated rings. The van der Waals surface area contributed by atoms with Crippen molar-refractivity contribution in [3.63, 3.8) is 0 Å². The minimum atomic E-state index is -1.09. The number of amides is 2.